The molecule has 120 valence electrons. The molecule has 5 nitrogen and oxygen atoms in total. The van der Waals surface area contributed by atoms with Gasteiger partial charge in [0, 0.05) is 19.0 Å². The first-order valence-corrected chi connectivity index (χ1v) is 7.69. The molecule has 23 heavy (non-hydrogen) atoms. The van der Waals surface area contributed by atoms with E-state index < -0.39 is 0 Å². The highest BCUT2D eigenvalue weighted by molar-refractivity contribution is 5.98. The van der Waals surface area contributed by atoms with Gasteiger partial charge in [-0.1, -0.05) is 26.0 Å². The van der Waals surface area contributed by atoms with Gasteiger partial charge in [-0.3, -0.25) is 9.59 Å². The summed E-state index contributed by atoms with van der Waals surface area (Å²) in [7, 11) is 0. The molecule has 0 fully saturated rings. The van der Waals surface area contributed by atoms with Gasteiger partial charge in [0.1, 0.15) is 17.2 Å². The third kappa shape index (κ3) is 4.98. The smallest absolute Gasteiger partial charge is 0.181 e. The highest BCUT2D eigenvalue weighted by atomic mass is 16.1. The SMILES string of the molecule is CC(C)CC(=O)c1cccc(C(=O)CCc2ccc(N)nc2)n1. The van der Waals surface area contributed by atoms with Crippen LogP contribution in [0.2, 0.25) is 0 Å². The van der Waals surface area contributed by atoms with Gasteiger partial charge in [0.2, 0.25) is 0 Å². The average molecular weight is 311 g/mol. The highest BCUT2D eigenvalue weighted by Crippen LogP contribution is 2.11. The fourth-order valence-corrected chi connectivity index (χ4v) is 2.19. The lowest BCUT2D eigenvalue weighted by molar-refractivity contribution is 0.0962. The van der Waals surface area contributed by atoms with Crippen molar-refractivity contribution in [3.05, 3.63) is 53.5 Å². The second kappa shape index (κ2) is 7.63. The Hall–Kier alpha value is -2.56. The summed E-state index contributed by atoms with van der Waals surface area (Å²) in [4.78, 5) is 32.5. The molecule has 0 aliphatic carbocycles. The van der Waals surface area contributed by atoms with Gasteiger partial charge in [0.15, 0.2) is 11.6 Å². The number of nitrogens with zero attached hydrogens (tertiary/aromatic N) is 2. The minimum atomic E-state index is -0.0824. The van der Waals surface area contributed by atoms with E-state index in [1.165, 1.54) is 0 Å². The lowest BCUT2D eigenvalue weighted by Gasteiger charge is -2.06. The maximum Gasteiger partial charge on any atom is 0.181 e. The predicted octanol–water partition coefficient (Wildman–Crippen LogP) is 3.10. The fourth-order valence-electron chi connectivity index (χ4n) is 2.19. The number of nitrogen functional groups attached to an aromatic ring is 1. The van der Waals surface area contributed by atoms with Crippen molar-refractivity contribution in [1.82, 2.24) is 9.97 Å². The summed E-state index contributed by atoms with van der Waals surface area (Å²) in [6, 6.07) is 8.58. The second-order valence-electron chi connectivity index (χ2n) is 5.94. The first-order valence-electron chi connectivity index (χ1n) is 7.69. The zero-order valence-electron chi connectivity index (χ0n) is 13.5. The van der Waals surface area contributed by atoms with E-state index in [1.807, 2.05) is 19.9 Å². The van der Waals surface area contributed by atoms with Crippen molar-refractivity contribution in [2.45, 2.75) is 33.1 Å². The number of carbonyl (C=O) groups excluding carboxylic acids is 2. The Kier molecular flexibility index (Phi) is 5.57. The van der Waals surface area contributed by atoms with E-state index in [0.29, 0.717) is 36.5 Å². The van der Waals surface area contributed by atoms with Crippen molar-refractivity contribution in [3.8, 4) is 0 Å². The maximum atomic E-state index is 12.3. The van der Waals surface area contributed by atoms with Crippen LogP contribution in [-0.4, -0.2) is 21.5 Å². The Bertz CT molecular complexity index is 694. The van der Waals surface area contributed by atoms with Gasteiger partial charge in [-0.05, 0) is 36.1 Å². The third-order valence-electron chi connectivity index (χ3n) is 3.40. The van der Waals surface area contributed by atoms with Crippen LogP contribution >= 0.6 is 0 Å². The largest absolute Gasteiger partial charge is 0.384 e. The Morgan fingerprint density at radius 1 is 1.09 bits per heavy atom. The van der Waals surface area contributed by atoms with E-state index in [0.717, 1.165) is 5.56 Å². The van der Waals surface area contributed by atoms with Crippen molar-refractivity contribution < 1.29 is 9.59 Å². The van der Waals surface area contributed by atoms with Crippen LogP contribution in [-0.2, 0) is 6.42 Å². The first kappa shape index (κ1) is 16.8. The lowest BCUT2D eigenvalue weighted by atomic mass is 10.0. The van der Waals surface area contributed by atoms with Crippen molar-refractivity contribution in [2.75, 3.05) is 5.73 Å². The van der Waals surface area contributed by atoms with Gasteiger partial charge >= 0.3 is 0 Å². The van der Waals surface area contributed by atoms with Crippen molar-refractivity contribution in [1.29, 1.82) is 0 Å². The summed E-state index contributed by atoms with van der Waals surface area (Å²) in [5.41, 5.74) is 7.17. The molecule has 0 spiro atoms. The molecule has 2 rings (SSSR count). The second-order valence-corrected chi connectivity index (χ2v) is 5.94. The molecule has 0 aliphatic rings. The van der Waals surface area contributed by atoms with Crippen LogP contribution in [0.4, 0.5) is 5.82 Å². The quantitative estimate of drug-likeness (QED) is 0.794. The molecule has 2 aromatic rings. The fraction of sp³-hybridized carbons (Fsp3) is 0.333. The Labute approximate surface area is 136 Å². The molecule has 0 bridgehead atoms. The number of hydrogen-bond acceptors (Lipinski definition) is 5. The number of carbonyl (C=O) groups is 2. The van der Waals surface area contributed by atoms with Crippen molar-refractivity contribution >= 4 is 17.4 Å². The van der Waals surface area contributed by atoms with Gasteiger partial charge < -0.3 is 5.73 Å². The van der Waals surface area contributed by atoms with E-state index in [9.17, 15) is 9.59 Å². The summed E-state index contributed by atoms with van der Waals surface area (Å²) in [6.45, 7) is 3.96. The first-order chi connectivity index (χ1) is 11.0. The topological polar surface area (TPSA) is 85.9 Å². The number of hydrogen-bond donors (Lipinski definition) is 1. The van der Waals surface area contributed by atoms with Gasteiger partial charge in [-0.15, -0.1) is 0 Å². The molecule has 5 heteroatoms. The van der Waals surface area contributed by atoms with Crippen molar-refractivity contribution in [2.24, 2.45) is 5.92 Å². The molecule has 2 aromatic heterocycles. The van der Waals surface area contributed by atoms with Gasteiger partial charge in [-0.25, -0.2) is 9.97 Å². The highest BCUT2D eigenvalue weighted by Gasteiger charge is 2.13. The maximum absolute atomic E-state index is 12.3. The van der Waals surface area contributed by atoms with E-state index in [2.05, 4.69) is 9.97 Å². The summed E-state index contributed by atoms with van der Waals surface area (Å²) in [5.74, 6) is 0.609. The number of anilines is 1. The van der Waals surface area contributed by atoms with E-state index in [4.69, 9.17) is 5.73 Å². The Balaban J connectivity index is 2.02. The zero-order valence-corrected chi connectivity index (χ0v) is 13.5. The minimum absolute atomic E-state index is 0.0302. The molecular weight excluding hydrogens is 290 g/mol. The number of Topliss-reactive ketones (excluding diaryl/α,β-unsaturated/α-hetero) is 2. The molecule has 0 aliphatic heterocycles. The average Bonchev–Trinajstić information content (AvgIpc) is 2.53. The van der Waals surface area contributed by atoms with Crippen LogP contribution in [0, 0.1) is 5.92 Å². The molecule has 0 saturated carbocycles. The van der Waals surface area contributed by atoms with Gasteiger partial charge in [0.05, 0.1) is 0 Å². The van der Waals surface area contributed by atoms with Crippen LogP contribution in [0.25, 0.3) is 0 Å². The standard InChI is InChI=1S/C18H21N3O2/c1-12(2)10-17(23)15-5-3-4-14(21-15)16(22)8-6-13-7-9-18(19)20-11-13/h3-5,7,9,11-12H,6,8,10H2,1-2H3,(H2,19,20). The number of rotatable bonds is 7. The van der Waals surface area contributed by atoms with Crippen molar-refractivity contribution in [3.63, 3.8) is 0 Å². The third-order valence-corrected chi connectivity index (χ3v) is 3.40. The number of nitrogens with two attached hydrogens (primary N) is 1. The minimum Gasteiger partial charge on any atom is -0.384 e. The number of ketones is 2. The number of aromatic nitrogens is 2. The summed E-state index contributed by atoms with van der Waals surface area (Å²) < 4.78 is 0. The van der Waals surface area contributed by atoms with E-state index in [1.54, 1.807) is 30.5 Å². The molecule has 0 aromatic carbocycles. The number of aryl methyl sites for hydroxylation is 1. The Morgan fingerprint density at radius 2 is 1.78 bits per heavy atom. The number of pyridine rings is 2. The summed E-state index contributed by atoms with van der Waals surface area (Å²) >= 11 is 0. The predicted molar refractivity (Wildman–Crippen MR) is 89.3 cm³/mol. The van der Waals surface area contributed by atoms with Crippen LogP contribution < -0.4 is 5.73 Å². The van der Waals surface area contributed by atoms with Gasteiger partial charge in [-0.2, -0.15) is 0 Å². The van der Waals surface area contributed by atoms with E-state index in [-0.39, 0.29) is 17.5 Å². The molecule has 2 N–H and O–H groups in total. The molecule has 0 unspecified atom stereocenters. The van der Waals surface area contributed by atoms with Crippen LogP contribution in [0.3, 0.4) is 0 Å². The van der Waals surface area contributed by atoms with Crippen LogP contribution in [0.1, 0.15) is 53.2 Å². The molecule has 0 amide bonds. The van der Waals surface area contributed by atoms with Gasteiger partial charge in [0.25, 0.3) is 0 Å². The molecular formula is C18H21N3O2. The summed E-state index contributed by atoms with van der Waals surface area (Å²) in [5, 5.41) is 0. The Morgan fingerprint density at radius 3 is 2.39 bits per heavy atom. The summed E-state index contributed by atoms with van der Waals surface area (Å²) in [6.07, 6.45) is 2.98. The normalized spacial score (nSPS) is 10.7. The molecule has 0 radical (unpaired) electrons. The van der Waals surface area contributed by atoms with Crippen LogP contribution in [0.5, 0.6) is 0 Å². The molecule has 2 heterocycles. The monoisotopic (exact) mass is 311 g/mol. The van der Waals surface area contributed by atoms with E-state index >= 15 is 0 Å². The zero-order chi connectivity index (χ0) is 16.8. The van der Waals surface area contributed by atoms with Crippen LogP contribution in [0.15, 0.2) is 36.5 Å². The lowest BCUT2D eigenvalue weighted by Crippen LogP contribution is -2.10. The molecule has 0 atom stereocenters. The molecule has 0 saturated heterocycles.